The second kappa shape index (κ2) is 10.2. The molecule has 0 rings (SSSR count). The van der Waals surface area contributed by atoms with Crippen LogP contribution in [0.25, 0.3) is 0 Å². The van der Waals surface area contributed by atoms with Crippen molar-refractivity contribution in [2.75, 3.05) is 6.61 Å². The predicted molar refractivity (Wildman–Crippen MR) is 61.1 cm³/mol. The Morgan fingerprint density at radius 3 is 2.31 bits per heavy atom. The Morgan fingerprint density at radius 2 is 1.69 bits per heavy atom. The highest BCUT2D eigenvalue weighted by Crippen LogP contribution is 2.04. The van der Waals surface area contributed by atoms with E-state index in [0.717, 1.165) is 31.4 Å². The molecule has 16 heavy (non-hydrogen) atoms. The zero-order valence-corrected chi connectivity index (χ0v) is 9.78. The highest BCUT2D eigenvalue weighted by Gasteiger charge is 1.97. The SMILES string of the molecule is CCCCCCCCOC(=O)/C=C\C(=O)O. The molecule has 0 radical (unpaired) electrons. The Bertz CT molecular complexity index is 233. The minimum Gasteiger partial charge on any atom is -0.478 e. The van der Waals surface area contributed by atoms with E-state index in [1.165, 1.54) is 19.3 Å². The summed E-state index contributed by atoms with van der Waals surface area (Å²) in [4.78, 5) is 21.0. The number of hydrogen-bond donors (Lipinski definition) is 1. The van der Waals surface area contributed by atoms with Crippen LogP contribution in [0, 0.1) is 0 Å². The van der Waals surface area contributed by atoms with Gasteiger partial charge in [-0.25, -0.2) is 9.59 Å². The molecule has 0 bridgehead atoms. The molecule has 1 N–H and O–H groups in total. The molecule has 0 aliphatic carbocycles. The van der Waals surface area contributed by atoms with Gasteiger partial charge in [-0.2, -0.15) is 0 Å². The van der Waals surface area contributed by atoms with Gasteiger partial charge in [0, 0.05) is 12.2 Å². The molecular weight excluding hydrogens is 208 g/mol. The molecule has 0 aromatic rings. The standard InChI is InChI=1S/C12H20O4/c1-2-3-4-5-6-7-10-16-12(15)9-8-11(13)14/h8-9H,2-7,10H2,1H3,(H,13,14)/b9-8-. The van der Waals surface area contributed by atoms with Crippen LogP contribution in [0.3, 0.4) is 0 Å². The molecule has 0 atom stereocenters. The number of hydrogen-bond acceptors (Lipinski definition) is 3. The van der Waals surface area contributed by atoms with Crippen LogP contribution >= 0.6 is 0 Å². The summed E-state index contributed by atoms with van der Waals surface area (Å²) in [5.41, 5.74) is 0. The fraction of sp³-hybridized carbons (Fsp3) is 0.667. The fourth-order valence-corrected chi connectivity index (χ4v) is 1.24. The van der Waals surface area contributed by atoms with Gasteiger partial charge in [0.2, 0.25) is 0 Å². The first-order chi connectivity index (χ1) is 7.66. The lowest BCUT2D eigenvalue weighted by atomic mass is 10.1. The van der Waals surface area contributed by atoms with Crippen LogP contribution in [0.15, 0.2) is 12.2 Å². The molecule has 4 nitrogen and oxygen atoms in total. The number of ether oxygens (including phenoxy) is 1. The second-order valence-corrected chi connectivity index (χ2v) is 3.61. The molecule has 0 saturated carbocycles. The van der Waals surface area contributed by atoms with E-state index in [4.69, 9.17) is 9.84 Å². The summed E-state index contributed by atoms with van der Waals surface area (Å²) < 4.78 is 4.81. The maximum Gasteiger partial charge on any atom is 0.331 e. The van der Waals surface area contributed by atoms with Crippen molar-refractivity contribution < 1.29 is 19.4 Å². The Labute approximate surface area is 96.3 Å². The van der Waals surface area contributed by atoms with Gasteiger partial charge in [0.1, 0.15) is 0 Å². The quantitative estimate of drug-likeness (QED) is 0.374. The molecule has 4 heteroatoms. The van der Waals surface area contributed by atoms with Crippen molar-refractivity contribution in [2.45, 2.75) is 45.4 Å². The van der Waals surface area contributed by atoms with Crippen LogP contribution in [-0.2, 0) is 14.3 Å². The van der Waals surface area contributed by atoms with Crippen LogP contribution < -0.4 is 0 Å². The van der Waals surface area contributed by atoms with Crippen LogP contribution in [0.2, 0.25) is 0 Å². The van der Waals surface area contributed by atoms with Crippen molar-refractivity contribution in [2.24, 2.45) is 0 Å². The van der Waals surface area contributed by atoms with Crippen LogP contribution in [0.1, 0.15) is 45.4 Å². The van der Waals surface area contributed by atoms with Gasteiger partial charge >= 0.3 is 11.9 Å². The molecule has 0 fully saturated rings. The molecule has 0 amide bonds. The second-order valence-electron chi connectivity index (χ2n) is 3.61. The molecule has 92 valence electrons. The molecular formula is C12H20O4. The van der Waals surface area contributed by atoms with E-state index >= 15 is 0 Å². The zero-order valence-electron chi connectivity index (χ0n) is 9.78. The first kappa shape index (κ1) is 14.7. The molecule has 0 spiro atoms. The number of unbranched alkanes of at least 4 members (excludes halogenated alkanes) is 5. The summed E-state index contributed by atoms with van der Waals surface area (Å²) >= 11 is 0. The van der Waals surface area contributed by atoms with E-state index < -0.39 is 11.9 Å². The molecule has 0 aliphatic heterocycles. The number of carboxylic acid groups (broad SMARTS) is 1. The van der Waals surface area contributed by atoms with Gasteiger partial charge in [-0.1, -0.05) is 39.0 Å². The maximum absolute atomic E-state index is 10.9. The van der Waals surface area contributed by atoms with Crippen molar-refractivity contribution in [3.05, 3.63) is 12.2 Å². The third-order valence-corrected chi connectivity index (χ3v) is 2.10. The van der Waals surface area contributed by atoms with Gasteiger partial charge in [0.15, 0.2) is 0 Å². The lowest BCUT2D eigenvalue weighted by molar-refractivity contribution is -0.138. The Hall–Kier alpha value is -1.32. The average molecular weight is 228 g/mol. The summed E-state index contributed by atoms with van der Waals surface area (Å²) in [5.74, 6) is -1.73. The number of carboxylic acids is 1. The maximum atomic E-state index is 10.9. The van der Waals surface area contributed by atoms with Gasteiger partial charge < -0.3 is 9.84 Å². The van der Waals surface area contributed by atoms with E-state index in [2.05, 4.69) is 6.92 Å². The van der Waals surface area contributed by atoms with Crippen molar-refractivity contribution in [1.82, 2.24) is 0 Å². The summed E-state index contributed by atoms with van der Waals surface area (Å²) in [5, 5.41) is 8.26. The number of carbonyl (C=O) groups is 2. The van der Waals surface area contributed by atoms with Gasteiger partial charge in [-0.3, -0.25) is 0 Å². The number of rotatable bonds is 9. The zero-order chi connectivity index (χ0) is 12.2. The molecule has 0 saturated heterocycles. The Kier molecular flexibility index (Phi) is 9.36. The minimum atomic E-state index is -1.14. The topological polar surface area (TPSA) is 63.6 Å². The normalized spacial score (nSPS) is 10.6. The number of esters is 1. The smallest absolute Gasteiger partial charge is 0.331 e. The highest BCUT2D eigenvalue weighted by atomic mass is 16.5. The lowest BCUT2D eigenvalue weighted by Gasteiger charge is -2.01. The summed E-state index contributed by atoms with van der Waals surface area (Å²) in [7, 11) is 0. The average Bonchev–Trinajstić information content (AvgIpc) is 2.25. The van der Waals surface area contributed by atoms with Crippen molar-refractivity contribution >= 4 is 11.9 Å². The highest BCUT2D eigenvalue weighted by molar-refractivity contribution is 5.90. The molecule has 0 heterocycles. The van der Waals surface area contributed by atoms with Crippen LogP contribution in [-0.4, -0.2) is 23.7 Å². The first-order valence-corrected chi connectivity index (χ1v) is 5.74. The van der Waals surface area contributed by atoms with Crippen LogP contribution in [0.5, 0.6) is 0 Å². The van der Waals surface area contributed by atoms with E-state index in [0.29, 0.717) is 6.61 Å². The van der Waals surface area contributed by atoms with E-state index in [1.807, 2.05) is 0 Å². The van der Waals surface area contributed by atoms with E-state index in [9.17, 15) is 9.59 Å². The third-order valence-electron chi connectivity index (χ3n) is 2.10. The molecule has 0 unspecified atom stereocenters. The van der Waals surface area contributed by atoms with E-state index in [1.54, 1.807) is 0 Å². The molecule has 0 aromatic carbocycles. The fourth-order valence-electron chi connectivity index (χ4n) is 1.24. The minimum absolute atomic E-state index is 0.370. The largest absolute Gasteiger partial charge is 0.478 e. The summed E-state index contributed by atoms with van der Waals surface area (Å²) in [6, 6.07) is 0. The monoisotopic (exact) mass is 228 g/mol. The Balaban J connectivity index is 3.31. The van der Waals surface area contributed by atoms with E-state index in [-0.39, 0.29) is 0 Å². The number of aliphatic carboxylic acids is 1. The predicted octanol–water partition coefficient (Wildman–Crippen LogP) is 2.53. The van der Waals surface area contributed by atoms with Crippen molar-refractivity contribution in [3.63, 3.8) is 0 Å². The third kappa shape index (κ3) is 10.8. The molecule has 0 aliphatic rings. The van der Waals surface area contributed by atoms with Crippen LogP contribution in [0.4, 0.5) is 0 Å². The van der Waals surface area contributed by atoms with Gasteiger partial charge in [0.25, 0.3) is 0 Å². The number of carbonyl (C=O) groups excluding carboxylic acids is 1. The molecule has 0 aromatic heterocycles. The first-order valence-electron chi connectivity index (χ1n) is 5.74. The van der Waals surface area contributed by atoms with Crippen molar-refractivity contribution in [1.29, 1.82) is 0 Å². The van der Waals surface area contributed by atoms with Gasteiger partial charge in [0.05, 0.1) is 6.61 Å². The van der Waals surface area contributed by atoms with Crippen molar-refractivity contribution in [3.8, 4) is 0 Å². The summed E-state index contributed by atoms with van der Waals surface area (Å²) in [6.45, 7) is 2.53. The Morgan fingerprint density at radius 1 is 1.06 bits per heavy atom. The summed E-state index contributed by atoms with van der Waals surface area (Å²) in [6.07, 6.45) is 8.46. The van der Waals surface area contributed by atoms with Gasteiger partial charge in [-0.15, -0.1) is 0 Å². The van der Waals surface area contributed by atoms with Gasteiger partial charge in [-0.05, 0) is 6.42 Å². The lowest BCUT2D eigenvalue weighted by Crippen LogP contribution is -2.03.